The molecule has 2 rings (SSSR count). The Morgan fingerprint density at radius 1 is 1.26 bits per heavy atom. The summed E-state index contributed by atoms with van der Waals surface area (Å²) in [4.78, 5) is 34.2. The highest BCUT2D eigenvalue weighted by Gasteiger charge is 2.18. The summed E-state index contributed by atoms with van der Waals surface area (Å²) in [5, 5.41) is 30.5. The number of benzene rings is 1. The van der Waals surface area contributed by atoms with Crippen molar-refractivity contribution in [1.29, 1.82) is 0 Å². The minimum absolute atomic E-state index is 0.0409. The predicted octanol–water partition coefficient (Wildman–Crippen LogP) is 0.646. The third-order valence-corrected chi connectivity index (χ3v) is 3.41. The summed E-state index contributed by atoms with van der Waals surface area (Å²) in [6.45, 7) is 1.55. The molecule has 0 aliphatic heterocycles. The largest absolute Gasteiger partial charge is 0.504 e. The third-order valence-electron chi connectivity index (χ3n) is 3.41. The number of amides is 1. The van der Waals surface area contributed by atoms with Crippen molar-refractivity contribution in [3.63, 3.8) is 0 Å². The molecule has 0 spiro atoms. The first-order chi connectivity index (χ1) is 10.8. The van der Waals surface area contributed by atoms with Crippen LogP contribution in [0.5, 0.6) is 11.5 Å². The molecular formula is C15H15NO7. The Labute approximate surface area is 130 Å². The first-order valence-electron chi connectivity index (χ1n) is 6.77. The number of carboxylic acids is 1. The number of rotatable bonds is 5. The van der Waals surface area contributed by atoms with Gasteiger partial charge in [-0.25, -0.2) is 4.79 Å². The molecule has 1 aromatic carbocycles. The second kappa shape index (κ2) is 6.39. The smallest absolute Gasteiger partial charge is 0.340 e. The summed E-state index contributed by atoms with van der Waals surface area (Å²) in [7, 11) is 0. The van der Waals surface area contributed by atoms with Gasteiger partial charge in [0.2, 0.25) is 11.7 Å². The van der Waals surface area contributed by atoms with E-state index in [2.05, 4.69) is 5.32 Å². The number of nitrogens with one attached hydrogen (secondary N) is 1. The number of carbonyl (C=O) groups is 2. The molecule has 0 saturated carbocycles. The van der Waals surface area contributed by atoms with Gasteiger partial charge in [0.25, 0.3) is 0 Å². The highest BCUT2D eigenvalue weighted by atomic mass is 16.4. The van der Waals surface area contributed by atoms with Crippen LogP contribution in [-0.2, 0) is 16.0 Å². The van der Waals surface area contributed by atoms with E-state index < -0.39 is 29.0 Å². The maximum atomic E-state index is 12.0. The first-order valence-corrected chi connectivity index (χ1v) is 6.77. The number of hydrogen-bond acceptors (Lipinski definition) is 6. The van der Waals surface area contributed by atoms with Gasteiger partial charge < -0.3 is 25.1 Å². The molecule has 2 aromatic rings. The number of hydrogen-bond donors (Lipinski definition) is 4. The van der Waals surface area contributed by atoms with E-state index in [1.165, 1.54) is 12.1 Å². The minimum Gasteiger partial charge on any atom is -0.504 e. The van der Waals surface area contributed by atoms with Crippen molar-refractivity contribution in [2.45, 2.75) is 19.8 Å². The zero-order valence-electron chi connectivity index (χ0n) is 12.3. The van der Waals surface area contributed by atoms with Crippen LogP contribution in [0.3, 0.4) is 0 Å². The molecule has 0 aliphatic carbocycles. The van der Waals surface area contributed by atoms with Crippen molar-refractivity contribution in [1.82, 2.24) is 5.32 Å². The van der Waals surface area contributed by atoms with Gasteiger partial charge in [-0.2, -0.15) is 0 Å². The summed E-state index contributed by atoms with van der Waals surface area (Å²) in [6.07, 6.45) is -0.491. The molecule has 1 heterocycles. The molecule has 0 fully saturated rings. The lowest BCUT2D eigenvalue weighted by Crippen LogP contribution is -2.29. The van der Waals surface area contributed by atoms with E-state index in [0.717, 1.165) is 0 Å². The van der Waals surface area contributed by atoms with Gasteiger partial charge >= 0.3 is 11.6 Å². The molecule has 0 aliphatic rings. The Kier molecular flexibility index (Phi) is 4.54. The number of fused-ring (bicyclic) bond motifs is 1. The molecule has 0 saturated heterocycles. The monoisotopic (exact) mass is 321 g/mol. The third kappa shape index (κ3) is 3.42. The Morgan fingerprint density at radius 2 is 1.96 bits per heavy atom. The highest BCUT2D eigenvalue weighted by Crippen LogP contribution is 2.34. The molecule has 4 N–H and O–H groups in total. The van der Waals surface area contributed by atoms with Crippen LogP contribution < -0.4 is 10.9 Å². The topological polar surface area (TPSA) is 137 Å². The van der Waals surface area contributed by atoms with Gasteiger partial charge in [0.15, 0.2) is 11.3 Å². The lowest BCUT2D eigenvalue weighted by molar-refractivity contribution is -0.136. The fraction of sp³-hybridized carbons (Fsp3) is 0.267. The number of phenols is 2. The quantitative estimate of drug-likeness (QED) is 0.468. The van der Waals surface area contributed by atoms with Gasteiger partial charge in [-0.3, -0.25) is 9.59 Å². The fourth-order valence-electron chi connectivity index (χ4n) is 2.17. The van der Waals surface area contributed by atoms with Crippen molar-refractivity contribution in [3.05, 3.63) is 33.7 Å². The zero-order chi connectivity index (χ0) is 17.1. The van der Waals surface area contributed by atoms with Crippen molar-refractivity contribution >= 4 is 22.8 Å². The molecule has 0 radical (unpaired) electrons. The van der Waals surface area contributed by atoms with Crippen molar-refractivity contribution in [3.8, 4) is 11.5 Å². The van der Waals surface area contributed by atoms with Gasteiger partial charge in [-0.05, 0) is 24.6 Å². The van der Waals surface area contributed by atoms with Crippen LogP contribution in [0.15, 0.2) is 21.3 Å². The minimum atomic E-state index is -1.04. The summed E-state index contributed by atoms with van der Waals surface area (Å²) in [5.41, 5.74) is -0.401. The highest BCUT2D eigenvalue weighted by molar-refractivity contribution is 5.89. The van der Waals surface area contributed by atoms with Crippen LogP contribution in [0.25, 0.3) is 11.0 Å². The van der Waals surface area contributed by atoms with Crippen LogP contribution in [0.4, 0.5) is 0 Å². The first kappa shape index (κ1) is 16.3. The maximum Gasteiger partial charge on any atom is 0.340 e. The molecule has 0 unspecified atom stereocenters. The van der Waals surface area contributed by atoms with Crippen molar-refractivity contribution in [2.24, 2.45) is 0 Å². The molecular weight excluding hydrogens is 306 g/mol. The molecule has 0 atom stereocenters. The van der Waals surface area contributed by atoms with E-state index in [0.29, 0.717) is 10.9 Å². The van der Waals surface area contributed by atoms with E-state index in [9.17, 15) is 24.6 Å². The number of aromatic hydroxyl groups is 2. The van der Waals surface area contributed by atoms with E-state index in [1.54, 1.807) is 6.92 Å². The van der Waals surface area contributed by atoms with Gasteiger partial charge in [0.1, 0.15) is 0 Å². The van der Waals surface area contributed by atoms with E-state index in [-0.39, 0.29) is 30.5 Å². The average molecular weight is 321 g/mol. The van der Waals surface area contributed by atoms with Crippen LogP contribution in [-0.4, -0.2) is 33.7 Å². The lowest BCUT2D eigenvalue weighted by atomic mass is 10.0. The van der Waals surface area contributed by atoms with Crippen molar-refractivity contribution in [2.75, 3.05) is 6.54 Å². The van der Waals surface area contributed by atoms with Gasteiger partial charge in [-0.1, -0.05) is 0 Å². The second-order valence-electron chi connectivity index (χ2n) is 4.97. The molecule has 8 heteroatoms. The van der Waals surface area contributed by atoms with Crippen LogP contribution in [0, 0.1) is 6.92 Å². The Balaban J connectivity index is 2.31. The van der Waals surface area contributed by atoms with Crippen molar-refractivity contribution < 1.29 is 29.3 Å². The molecule has 1 amide bonds. The predicted molar refractivity (Wildman–Crippen MR) is 79.5 cm³/mol. The molecule has 8 nitrogen and oxygen atoms in total. The number of carboxylic acid groups (broad SMARTS) is 1. The van der Waals surface area contributed by atoms with Gasteiger partial charge in [-0.15, -0.1) is 0 Å². The summed E-state index contributed by atoms with van der Waals surface area (Å²) < 4.78 is 4.99. The van der Waals surface area contributed by atoms with Gasteiger partial charge in [0, 0.05) is 11.9 Å². The second-order valence-corrected chi connectivity index (χ2v) is 4.97. The number of carbonyl (C=O) groups excluding carboxylic acids is 1. The lowest BCUT2D eigenvalue weighted by Gasteiger charge is -2.09. The standard InChI is InChI=1S/C15H15NO7/c1-7-8-2-3-10(17)13(21)14(8)23-15(22)9(7)6-11(18)16-5-4-12(19)20/h2-3,17,21H,4-6H2,1H3,(H,16,18)(H,19,20). The molecule has 1 aromatic heterocycles. The van der Waals surface area contributed by atoms with Crippen LogP contribution in [0.2, 0.25) is 0 Å². The van der Waals surface area contributed by atoms with Gasteiger partial charge in [0.05, 0.1) is 18.4 Å². The molecule has 23 heavy (non-hydrogen) atoms. The summed E-state index contributed by atoms with van der Waals surface area (Å²) in [5.74, 6) is -2.51. The van der Waals surface area contributed by atoms with E-state index in [1.807, 2.05) is 0 Å². The number of phenolic OH excluding ortho intramolecular Hbond substituents is 2. The average Bonchev–Trinajstić information content (AvgIpc) is 2.47. The SMILES string of the molecule is Cc1c(CC(=O)NCCC(=O)O)c(=O)oc2c(O)c(O)ccc12. The fourth-order valence-corrected chi connectivity index (χ4v) is 2.17. The number of aliphatic carboxylic acids is 1. The Morgan fingerprint density at radius 3 is 2.61 bits per heavy atom. The summed E-state index contributed by atoms with van der Waals surface area (Å²) in [6, 6.07) is 2.72. The maximum absolute atomic E-state index is 12.0. The normalized spacial score (nSPS) is 10.7. The van der Waals surface area contributed by atoms with E-state index in [4.69, 9.17) is 9.52 Å². The molecule has 0 bridgehead atoms. The Bertz CT molecular complexity index is 838. The number of aryl methyl sites for hydroxylation is 1. The Hall–Kier alpha value is -3.03. The molecule has 122 valence electrons. The van der Waals surface area contributed by atoms with Crippen LogP contribution >= 0.6 is 0 Å². The zero-order valence-corrected chi connectivity index (χ0v) is 12.3. The summed E-state index contributed by atoms with van der Waals surface area (Å²) >= 11 is 0. The van der Waals surface area contributed by atoms with Crippen LogP contribution in [0.1, 0.15) is 17.5 Å². The van der Waals surface area contributed by atoms with E-state index >= 15 is 0 Å².